The summed E-state index contributed by atoms with van der Waals surface area (Å²) in [4.78, 5) is 25.4. The van der Waals surface area contributed by atoms with Gasteiger partial charge in [0.15, 0.2) is 0 Å². The molecule has 1 aromatic heterocycles. The van der Waals surface area contributed by atoms with E-state index in [1.165, 1.54) is 0 Å². The normalized spacial score (nSPS) is 13.0. The average Bonchev–Trinajstić information content (AvgIpc) is 3.20. The predicted molar refractivity (Wildman–Crippen MR) is 106 cm³/mol. The van der Waals surface area contributed by atoms with Crippen LogP contribution in [0.5, 0.6) is 0 Å². The molecule has 2 aromatic rings. The Bertz CT molecular complexity index is 683. The number of furan rings is 1. The summed E-state index contributed by atoms with van der Waals surface area (Å²) < 4.78 is 5.26. The van der Waals surface area contributed by atoms with E-state index in [-0.39, 0.29) is 17.7 Å². The summed E-state index contributed by atoms with van der Waals surface area (Å²) in [6, 6.07) is 12.7. The maximum Gasteiger partial charge on any atom is 0.243 e. The van der Waals surface area contributed by atoms with Crippen LogP contribution < -0.4 is 10.6 Å². The van der Waals surface area contributed by atoms with E-state index < -0.39 is 6.04 Å². The summed E-state index contributed by atoms with van der Waals surface area (Å²) in [6.07, 6.45) is 5.73. The SMILES string of the molecule is CCCCC(CC)C(=O)NC(Cc1ccccc1)C(=O)NCc1ccco1. The summed E-state index contributed by atoms with van der Waals surface area (Å²) in [5, 5.41) is 5.84. The Morgan fingerprint density at radius 1 is 1.04 bits per heavy atom. The molecular formula is C22H30N2O3. The van der Waals surface area contributed by atoms with Crippen LogP contribution in [0.15, 0.2) is 53.1 Å². The van der Waals surface area contributed by atoms with Crippen molar-refractivity contribution in [3.8, 4) is 0 Å². The van der Waals surface area contributed by atoms with Crippen LogP contribution in [0.2, 0.25) is 0 Å². The number of unbranched alkanes of at least 4 members (excludes halogenated alkanes) is 1. The Labute approximate surface area is 161 Å². The average molecular weight is 370 g/mol. The summed E-state index contributed by atoms with van der Waals surface area (Å²) in [5.41, 5.74) is 1.01. The third-order valence-corrected chi connectivity index (χ3v) is 4.70. The van der Waals surface area contributed by atoms with Gasteiger partial charge in [0.1, 0.15) is 11.8 Å². The first-order valence-corrected chi connectivity index (χ1v) is 9.78. The van der Waals surface area contributed by atoms with Gasteiger partial charge in [0.25, 0.3) is 0 Å². The van der Waals surface area contributed by atoms with E-state index in [0.717, 1.165) is 31.2 Å². The number of hydrogen-bond acceptors (Lipinski definition) is 3. The molecule has 0 radical (unpaired) electrons. The van der Waals surface area contributed by atoms with Crippen molar-refractivity contribution in [2.45, 2.75) is 58.5 Å². The van der Waals surface area contributed by atoms with Crippen LogP contribution in [0.25, 0.3) is 0 Å². The third kappa shape index (κ3) is 6.93. The van der Waals surface area contributed by atoms with Gasteiger partial charge >= 0.3 is 0 Å². The largest absolute Gasteiger partial charge is 0.467 e. The minimum absolute atomic E-state index is 0.0416. The number of nitrogens with one attached hydrogen (secondary N) is 2. The van der Waals surface area contributed by atoms with E-state index in [0.29, 0.717) is 18.7 Å². The Balaban J connectivity index is 2.03. The fourth-order valence-corrected chi connectivity index (χ4v) is 3.03. The van der Waals surface area contributed by atoms with Crippen molar-refractivity contribution in [1.29, 1.82) is 0 Å². The Kier molecular flexibility index (Phi) is 8.62. The maximum absolute atomic E-state index is 12.7. The molecular weight excluding hydrogens is 340 g/mol. The van der Waals surface area contributed by atoms with E-state index >= 15 is 0 Å². The number of carbonyl (C=O) groups is 2. The molecule has 2 atom stereocenters. The fourth-order valence-electron chi connectivity index (χ4n) is 3.03. The highest BCUT2D eigenvalue weighted by molar-refractivity contribution is 5.88. The van der Waals surface area contributed by atoms with Crippen LogP contribution in [0.4, 0.5) is 0 Å². The quantitative estimate of drug-likeness (QED) is 0.631. The Morgan fingerprint density at radius 2 is 1.81 bits per heavy atom. The molecule has 0 saturated heterocycles. The van der Waals surface area contributed by atoms with E-state index in [1.54, 1.807) is 12.3 Å². The molecule has 0 aliphatic heterocycles. The number of benzene rings is 1. The first kappa shape index (κ1) is 20.7. The molecule has 2 unspecified atom stereocenters. The lowest BCUT2D eigenvalue weighted by atomic mass is 9.97. The van der Waals surface area contributed by atoms with Gasteiger partial charge in [-0.1, -0.05) is 57.0 Å². The zero-order valence-electron chi connectivity index (χ0n) is 16.2. The molecule has 2 rings (SSSR count). The second-order valence-electron chi connectivity index (χ2n) is 6.80. The van der Waals surface area contributed by atoms with Crippen molar-refractivity contribution in [2.24, 2.45) is 5.92 Å². The standard InChI is InChI=1S/C22H30N2O3/c1-3-5-12-18(4-2)21(25)24-20(15-17-10-7-6-8-11-17)22(26)23-16-19-13-9-14-27-19/h6-11,13-14,18,20H,3-5,12,15-16H2,1-2H3,(H,23,26)(H,24,25). The van der Waals surface area contributed by atoms with Crippen LogP contribution in [0.3, 0.4) is 0 Å². The van der Waals surface area contributed by atoms with Crippen molar-refractivity contribution in [3.05, 3.63) is 60.1 Å². The highest BCUT2D eigenvalue weighted by atomic mass is 16.3. The van der Waals surface area contributed by atoms with Crippen molar-refractivity contribution < 1.29 is 14.0 Å². The summed E-state index contributed by atoms with van der Waals surface area (Å²) in [7, 11) is 0. The lowest BCUT2D eigenvalue weighted by Crippen LogP contribution is -2.49. The highest BCUT2D eigenvalue weighted by Gasteiger charge is 2.24. The first-order valence-electron chi connectivity index (χ1n) is 9.78. The smallest absolute Gasteiger partial charge is 0.243 e. The van der Waals surface area contributed by atoms with E-state index in [9.17, 15) is 9.59 Å². The van der Waals surface area contributed by atoms with Crippen molar-refractivity contribution in [1.82, 2.24) is 10.6 Å². The van der Waals surface area contributed by atoms with Crippen molar-refractivity contribution in [3.63, 3.8) is 0 Å². The molecule has 0 bridgehead atoms. The lowest BCUT2D eigenvalue weighted by Gasteiger charge is -2.22. The van der Waals surface area contributed by atoms with Gasteiger partial charge in [-0.15, -0.1) is 0 Å². The minimum atomic E-state index is -0.606. The molecule has 0 aliphatic carbocycles. The second-order valence-corrected chi connectivity index (χ2v) is 6.80. The van der Waals surface area contributed by atoms with E-state index in [1.807, 2.05) is 43.3 Å². The zero-order chi connectivity index (χ0) is 19.5. The molecule has 2 N–H and O–H groups in total. The zero-order valence-corrected chi connectivity index (χ0v) is 16.2. The van der Waals surface area contributed by atoms with Crippen molar-refractivity contribution in [2.75, 3.05) is 0 Å². The lowest BCUT2D eigenvalue weighted by molar-refractivity contribution is -0.131. The topological polar surface area (TPSA) is 71.3 Å². The Hall–Kier alpha value is -2.56. The number of carbonyl (C=O) groups excluding carboxylic acids is 2. The molecule has 5 heteroatoms. The predicted octanol–water partition coefficient (Wildman–Crippen LogP) is 3.84. The molecule has 27 heavy (non-hydrogen) atoms. The van der Waals surface area contributed by atoms with Gasteiger partial charge in [-0.25, -0.2) is 0 Å². The second kappa shape index (κ2) is 11.2. The van der Waals surface area contributed by atoms with Gasteiger partial charge < -0.3 is 15.1 Å². The number of rotatable bonds is 11. The molecule has 146 valence electrons. The maximum atomic E-state index is 12.7. The van der Waals surface area contributed by atoms with Gasteiger partial charge in [0, 0.05) is 12.3 Å². The number of hydrogen-bond donors (Lipinski definition) is 2. The molecule has 0 fully saturated rings. The molecule has 0 saturated carbocycles. The molecule has 1 aromatic carbocycles. The van der Waals surface area contributed by atoms with Gasteiger partial charge in [-0.3, -0.25) is 9.59 Å². The van der Waals surface area contributed by atoms with E-state index in [4.69, 9.17) is 4.42 Å². The van der Waals surface area contributed by atoms with Crippen LogP contribution in [-0.4, -0.2) is 17.9 Å². The summed E-state index contributed by atoms with van der Waals surface area (Å²) in [6.45, 7) is 4.44. The third-order valence-electron chi connectivity index (χ3n) is 4.70. The van der Waals surface area contributed by atoms with Crippen molar-refractivity contribution >= 4 is 11.8 Å². The minimum Gasteiger partial charge on any atom is -0.467 e. The fraction of sp³-hybridized carbons (Fsp3) is 0.455. The molecule has 1 heterocycles. The summed E-state index contributed by atoms with van der Waals surface area (Å²) >= 11 is 0. The molecule has 2 amide bonds. The van der Waals surface area contributed by atoms with Crippen LogP contribution in [0.1, 0.15) is 50.9 Å². The highest BCUT2D eigenvalue weighted by Crippen LogP contribution is 2.14. The van der Waals surface area contributed by atoms with Gasteiger partial charge in [0.05, 0.1) is 12.8 Å². The van der Waals surface area contributed by atoms with Gasteiger partial charge in [0.2, 0.25) is 11.8 Å². The van der Waals surface area contributed by atoms with Crippen LogP contribution in [0, 0.1) is 5.92 Å². The van der Waals surface area contributed by atoms with Gasteiger partial charge in [-0.05, 0) is 30.5 Å². The molecule has 0 aliphatic rings. The Morgan fingerprint density at radius 3 is 2.44 bits per heavy atom. The van der Waals surface area contributed by atoms with Crippen LogP contribution >= 0.6 is 0 Å². The molecule has 0 spiro atoms. The summed E-state index contributed by atoms with van der Waals surface area (Å²) in [5.74, 6) is 0.387. The van der Waals surface area contributed by atoms with Gasteiger partial charge in [-0.2, -0.15) is 0 Å². The van der Waals surface area contributed by atoms with Crippen LogP contribution in [-0.2, 0) is 22.6 Å². The monoisotopic (exact) mass is 370 g/mol. The first-order chi connectivity index (χ1) is 13.1. The number of amides is 2. The molecule has 5 nitrogen and oxygen atoms in total. The van der Waals surface area contributed by atoms with E-state index in [2.05, 4.69) is 17.6 Å².